The standard InChI is InChI=1S/C15H19N3O3/c19-13-6-3-9-18(13)11-4-2-8-17(10-11)14-12(15(20)21)5-1-7-16-14/h1,5,7,11H,2-4,6,8-10H2,(H,20,21)/t11-/m0/s1. The number of amides is 1. The molecule has 2 saturated heterocycles. The van der Waals surface area contributed by atoms with Crippen molar-refractivity contribution >= 4 is 17.7 Å². The molecule has 0 bridgehead atoms. The molecule has 1 atom stereocenters. The highest BCUT2D eigenvalue weighted by Gasteiger charge is 2.32. The number of carbonyl (C=O) groups excluding carboxylic acids is 1. The largest absolute Gasteiger partial charge is 0.478 e. The minimum Gasteiger partial charge on any atom is -0.478 e. The number of pyridine rings is 1. The van der Waals surface area contributed by atoms with Gasteiger partial charge in [-0.05, 0) is 31.4 Å². The number of hydrogen-bond acceptors (Lipinski definition) is 4. The maximum Gasteiger partial charge on any atom is 0.339 e. The molecule has 21 heavy (non-hydrogen) atoms. The van der Waals surface area contributed by atoms with E-state index in [1.54, 1.807) is 18.3 Å². The molecule has 0 radical (unpaired) electrons. The van der Waals surface area contributed by atoms with Crippen LogP contribution in [0.1, 0.15) is 36.0 Å². The molecule has 3 heterocycles. The molecule has 2 aliphatic rings. The van der Waals surface area contributed by atoms with Gasteiger partial charge in [-0.2, -0.15) is 0 Å². The lowest BCUT2D eigenvalue weighted by atomic mass is 10.0. The molecule has 0 spiro atoms. The summed E-state index contributed by atoms with van der Waals surface area (Å²) in [4.78, 5) is 31.4. The van der Waals surface area contributed by atoms with Crippen molar-refractivity contribution in [2.75, 3.05) is 24.5 Å². The van der Waals surface area contributed by atoms with Crippen LogP contribution in [0.25, 0.3) is 0 Å². The molecule has 6 nitrogen and oxygen atoms in total. The van der Waals surface area contributed by atoms with E-state index in [1.165, 1.54) is 0 Å². The van der Waals surface area contributed by atoms with E-state index in [2.05, 4.69) is 4.98 Å². The average molecular weight is 289 g/mol. The molecule has 6 heteroatoms. The zero-order chi connectivity index (χ0) is 14.8. The summed E-state index contributed by atoms with van der Waals surface area (Å²) in [5, 5.41) is 9.28. The molecular weight excluding hydrogens is 270 g/mol. The highest BCUT2D eigenvalue weighted by molar-refractivity contribution is 5.93. The first-order valence-corrected chi connectivity index (χ1v) is 7.39. The van der Waals surface area contributed by atoms with Gasteiger partial charge < -0.3 is 14.9 Å². The molecule has 2 fully saturated rings. The Bertz CT molecular complexity index is 561. The van der Waals surface area contributed by atoms with Crippen LogP contribution >= 0.6 is 0 Å². The van der Waals surface area contributed by atoms with Crippen molar-refractivity contribution < 1.29 is 14.7 Å². The molecule has 112 valence electrons. The first-order valence-electron chi connectivity index (χ1n) is 7.39. The van der Waals surface area contributed by atoms with Crippen LogP contribution in [0.15, 0.2) is 18.3 Å². The third-order valence-corrected chi connectivity index (χ3v) is 4.26. The van der Waals surface area contributed by atoms with Crippen molar-refractivity contribution in [2.24, 2.45) is 0 Å². The Balaban J connectivity index is 1.80. The Hall–Kier alpha value is -2.11. The van der Waals surface area contributed by atoms with Crippen molar-refractivity contribution in [1.29, 1.82) is 0 Å². The Morgan fingerprint density at radius 3 is 2.90 bits per heavy atom. The van der Waals surface area contributed by atoms with E-state index in [9.17, 15) is 14.7 Å². The van der Waals surface area contributed by atoms with E-state index in [1.807, 2.05) is 9.80 Å². The Morgan fingerprint density at radius 1 is 1.33 bits per heavy atom. The zero-order valence-electron chi connectivity index (χ0n) is 11.9. The Kier molecular flexibility index (Phi) is 3.77. The summed E-state index contributed by atoms with van der Waals surface area (Å²) in [5.74, 6) is -0.222. The lowest BCUT2D eigenvalue weighted by Crippen LogP contribution is -2.49. The van der Waals surface area contributed by atoms with E-state index in [0.717, 1.165) is 32.4 Å². The van der Waals surface area contributed by atoms with Crippen LogP contribution < -0.4 is 4.90 Å². The van der Waals surface area contributed by atoms with Gasteiger partial charge in [0.25, 0.3) is 0 Å². The summed E-state index contributed by atoms with van der Waals surface area (Å²) in [5.41, 5.74) is 0.228. The third kappa shape index (κ3) is 2.70. The second-order valence-electron chi connectivity index (χ2n) is 5.61. The highest BCUT2D eigenvalue weighted by atomic mass is 16.4. The van der Waals surface area contributed by atoms with Gasteiger partial charge in [-0.15, -0.1) is 0 Å². The minimum absolute atomic E-state index is 0.178. The van der Waals surface area contributed by atoms with Crippen molar-refractivity contribution in [3.05, 3.63) is 23.9 Å². The normalized spacial score (nSPS) is 22.7. The number of carbonyl (C=O) groups is 2. The number of aromatic nitrogens is 1. The fraction of sp³-hybridized carbons (Fsp3) is 0.533. The van der Waals surface area contributed by atoms with Crippen LogP contribution in [-0.2, 0) is 4.79 Å². The predicted molar refractivity (Wildman–Crippen MR) is 77.4 cm³/mol. The highest BCUT2D eigenvalue weighted by Crippen LogP contribution is 2.26. The van der Waals surface area contributed by atoms with Gasteiger partial charge in [-0.25, -0.2) is 9.78 Å². The molecular formula is C15H19N3O3. The number of rotatable bonds is 3. The van der Waals surface area contributed by atoms with Gasteiger partial charge >= 0.3 is 5.97 Å². The van der Waals surface area contributed by atoms with Gasteiger partial charge in [-0.1, -0.05) is 0 Å². The smallest absolute Gasteiger partial charge is 0.339 e. The van der Waals surface area contributed by atoms with Crippen LogP contribution in [0.4, 0.5) is 5.82 Å². The molecule has 0 aliphatic carbocycles. The molecule has 1 N–H and O–H groups in total. The summed E-state index contributed by atoms with van der Waals surface area (Å²) in [6.07, 6.45) is 5.12. The quantitative estimate of drug-likeness (QED) is 0.909. The monoisotopic (exact) mass is 289 g/mol. The van der Waals surface area contributed by atoms with Gasteiger partial charge in [0, 0.05) is 38.3 Å². The molecule has 3 rings (SSSR count). The Labute approximate surface area is 123 Å². The number of aromatic carboxylic acids is 1. The van der Waals surface area contributed by atoms with E-state index in [4.69, 9.17) is 0 Å². The van der Waals surface area contributed by atoms with Crippen LogP contribution in [0.2, 0.25) is 0 Å². The fourth-order valence-corrected chi connectivity index (χ4v) is 3.27. The zero-order valence-corrected chi connectivity index (χ0v) is 11.9. The molecule has 1 aromatic heterocycles. The number of nitrogens with zero attached hydrogens (tertiary/aromatic N) is 3. The number of carboxylic acid groups (broad SMARTS) is 1. The topological polar surface area (TPSA) is 73.7 Å². The van der Waals surface area contributed by atoms with E-state index in [-0.39, 0.29) is 17.5 Å². The molecule has 0 unspecified atom stereocenters. The van der Waals surface area contributed by atoms with Crippen LogP contribution in [0.3, 0.4) is 0 Å². The molecule has 0 saturated carbocycles. The van der Waals surface area contributed by atoms with Gasteiger partial charge in [0.05, 0.1) is 0 Å². The number of likely N-dealkylation sites (tertiary alicyclic amines) is 1. The van der Waals surface area contributed by atoms with Crippen LogP contribution in [0.5, 0.6) is 0 Å². The van der Waals surface area contributed by atoms with Crippen LogP contribution in [-0.4, -0.2) is 52.5 Å². The van der Waals surface area contributed by atoms with Crippen molar-refractivity contribution in [3.63, 3.8) is 0 Å². The van der Waals surface area contributed by atoms with E-state index >= 15 is 0 Å². The van der Waals surface area contributed by atoms with Gasteiger partial charge in [0.2, 0.25) is 5.91 Å². The van der Waals surface area contributed by atoms with E-state index < -0.39 is 5.97 Å². The van der Waals surface area contributed by atoms with Crippen LogP contribution in [0, 0.1) is 0 Å². The van der Waals surface area contributed by atoms with Crippen molar-refractivity contribution in [3.8, 4) is 0 Å². The SMILES string of the molecule is O=C(O)c1cccnc1N1CCC[C@H](N2CCCC2=O)C1. The summed E-state index contributed by atoms with van der Waals surface area (Å²) in [7, 11) is 0. The fourth-order valence-electron chi connectivity index (χ4n) is 3.27. The lowest BCUT2D eigenvalue weighted by Gasteiger charge is -2.38. The summed E-state index contributed by atoms with van der Waals surface area (Å²) in [6.45, 7) is 2.28. The predicted octanol–water partition coefficient (Wildman–Crippen LogP) is 1.37. The number of carboxylic acids is 1. The molecule has 0 aromatic carbocycles. The number of hydrogen-bond donors (Lipinski definition) is 1. The van der Waals surface area contributed by atoms with Gasteiger partial charge in [-0.3, -0.25) is 4.79 Å². The third-order valence-electron chi connectivity index (χ3n) is 4.26. The maximum absolute atomic E-state index is 11.9. The maximum atomic E-state index is 11.9. The van der Waals surface area contributed by atoms with E-state index in [0.29, 0.717) is 18.8 Å². The lowest BCUT2D eigenvalue weighted by molar-refractivity contribution is -0.129. The van der Waals surface area contributed by atoms with Gasteiger partial charge in [0.15, 0.2) is 0 Å². The summed E-state index contributed by atoms with van der Waals surface area (Å²) < 4.78 is 0. The average Bonchev–Trinajstić information content (AvgIpc) is 2.93. The summed E-state index contributed by atoms with van der Waals surface area (Å²) >= 11 is 0. The second-order valence-corrected chi connectivity index (χ2v) is 5.61. The number of piperidine rings is 1. The second kappa shape index (κ2) is 5.71. The Morgan fingerprint density at radius 2 is 2.19 bits per heavy atom. The first-order chi connectivity index (χ1) is 10.2. The first kappa shape index (κ1) is 13.9. The van der Waals surface area contributed by atoms with Crippen molar-refractivity contribution in [1.82, 2.24) is 9.88 Å². The minimum atomic E-state index is -0.961. The summed E-state index contributed by atoms with van der Waals surface area (Å²) in [6, 6.07) is 3.39. The molecule has 1 amide bonds. The molecule has 2 aliphatic heterocycles. The van der Waals surface area contributed by atoms with Crippen molar-refractivity contribution in [2.45, 2.75) is 31.7 Å². The number of anilines is 1. The molecule has 1 aromatic rings. The van der Waals surface area contributed by atoms with Gasteiger partial charge in [0.1, 0.15) is 11.4 Å².